The molecule has 0 radical (unpaired) electrons. The second-order valence-corrected chi connectivity index (χ2v) is 4.06. The van der Waals surface area contributed by atoms with Gasteiger partial charge in [0.25, 0.3) is 0 Å². The zero-order valence-electron chi connectivity index (χ0n) is 9.43. The molecule has 0 aliphatic rings. The molecule has 1 atom stereocenters. The van der Waals surface area contributed by atoms with Crippen LogP contribution in [0, 0.1) is 0 Å². The molecular formula is C13H13ClN2O. The lowest BCUT2D eigenvalue weighted by atomic mass is 10.0. The average molecular weight is 249 g/mol. The number of ether oxygens (including phenoxy) is 1. The molecule has 1 aromatic carbocycles. The Morgan fingerprint density at radius 3 is 2.53 bits per heavy atom. The van der Waals surface area contributed by atoms with Crippen LogP contribution in [0.25, 0.3) is 0 Å². The fourth-order valence-electron chi connectivity index (χ4n) is 1.63. The molecule has 0 fully saturated rings. The first-order valence-electron chi connectivity index (χ1n) is 5.21. The lowest BCUT2D eigenvalue weighted by molar-refractivity contribution is 0.414. The van der Waals surface area contributed by atoms with Gasteiger partial charge in [0.05, 0.1) is 18.2 Å². The number of rotatable bonds is 3. The Morgan fingerprint density at radius 1 is 1.18 bits per heavy atom. The second-order valence-electron chi connectivity index (χ2n) is 3.65. The van der Waals surface area contributed by atoms with Crippen molar-refractivity contribution >= 4 is 11.6 Å². The first-order chi connectivity index (χ1) is 8.22. The largest absolute Gasteiger partial charge is 0.495 e. The molecule has 3 nitrogen and oxygen atoms in total. The number of hydrogen-bond acceptors (Lipinski definition) is 3. The maximum atomic E-state index is 6.16. The molecule has 4 heteroatoms. The van der Waals surface area contributed by atoms with Crippen LogP contribution in [0.5, 0.6) is 5.75 Å². The quantitative estimate of drug-likeness (QED) is 0.909. The van der Waals surface area contributed by atoms with E-state index in [0.717, 1.165) is 11.1 Å². The van der Waals surface area contributed by atoms with Crippen molar-refractivity contribution in [2.75, 3.05) is 7.11 Å². The van der Waals surface area contributed by atoms with Gasteiger partial charge in [-0.15, -0.1) is 0 Å². The standard InChI is InChI=1S/C13H13ClN2O/c1-17-12-8-10(2-3-11(12)14)13(15)9-4-6-16-7-5-9/h2-8,13H,15H2,1H3. The number of nitrogens with zero attached hydrogens (tertiary/aromatic N) is 1. The van der Waals surface area contributed by atoms with Gasteiger partial charge in [0.2, 0.25) is 0 Å². The summed E-state index contributed by atoms with van der Waals surface area (Å²) >= 11 is 5.97. The van der Waals surface area contributed by atoms with Gasteiger partial charge in [-0.2, -0.15) is 0 Å². The summed E-state index contributed by atoms with van der Waals surface area (Å²) < 4.78 is 5.17. The summed E-state index contributed by atoms with van der Waals surface area (Å²) in [5, 5.41) is 0.582. The topological polar surface area (TPSA) is 48.1 Å². The molecule has 0 saturated heterocycles. The lowest BCUT2D eigenvalue weighted by Crippen LogP contribution is -2.11. The van der Waals surface area contributed by atoms with Crippen molar-refractivity contribution in [3.63, 3.8) is 0 Å². The summed E-state index contributed by atoms with van der Waals surface area (Å²) in [6, 6.07) is 9.13. The maximum Gasteiger partial charge on any atom is 0.137 e. The van der Waals surface area contributed by atoms with Crippen molar-refractivity contribution in [3.8, 4) is 5.75 Å². The maximum absolute atomic E-state index is 6.16. The molecule has 0 aliphatic carbocycles. The summed E-state index contributed by atoms with van der Waals surface area (Å²) in [6.07, 6.45) is 3.45. The molecular weight excluding hydrogens is 236 g/mol. The molecule has 0 aliphatic heterocycles. The molecule has 1 heterocycles. The van der Waals surface area contributed by atoms with Crippen LogP contribution in [-0.4, -0.2) is 12.1 Å². The van der Waals surface area contributed by atoms with E-state index in [1.165, 1.54) is 0 Å². The average Bonchev–Trinajstić information content (AvgIpc) is 2.39. The highest BCUT2D eigenvalue weighted by Crippen LogP contribution is 2.29. The van der Waals surface area contributed by atoms with Crippen molar-refractivity contribution in [2.24, 2.45) is 5.73 Å². The van der Waals surface area contributed by atoms with E-state index in [0.29, 0.717) is 10.8 Å². The monoisotopic (exact) mass is 248 g/mol. The van der Waals surface area contributed by atoms with E-state index in [1.807, 2.05) is 24.3 Å². The first kappa shape index (κ1) is 11.9. The van der Waals surface area contributed by atoms with Crippen LogP contribution in [0.3, 0.4) is 0 Å². The van der Waals surface area contributed by atoms with E-state index in [4.69, 9.17) is 22.1 Å². The fraction of sp³-hybridized carbons (Fsp3) is 0.154. The van der Waals surface area contributed by atoms with E-state index in [2.05, 4.69) is 4.98 Å². The van der Waals surface area contributed by atoms with Crippen LogP contribution in [0.1, 0.15) is 17.2 Å². The Bertz CT molecular complexity index is 502. The van der Waals surface area contributed by atoms with E-state index in [1.54, 1.807) is 25.6 Å². The van der Waals surface area contributed by atoms with Crippen LogP contribution in [0.2, 0.25) is 5.02 Å². The Balaban J connectivity index is 2.34. The predicted molar refractivity (Wildman–Crippen MR) is 68.3 cm³/mol. The summed E-state index contributed by atoms with van der Waals surface area (Å²) in [6.45, 7) is 0. The van der Waals surface area contributed by atoms with Gasteiger partial charge in [0.15, 0.2) is 0 Å². The number of pyridine rings is 1. The van der Waals surface area contributed by atoms with Gasteiger partial charge in [0.1, 0.15) is 5.75 Å². The third-order valence-electron chi connectivity index (χ3n) is 2.60. The summed E-state index contributed by atoms with van der Waals surface area (Å²) in [7, 11) is 1.59. The Kier molecular flexibility index (Phi) is 3.61. The van der Waals surface area contributed by atoms with Gasteiger partial charge < -0.3 is 10.5 Å². The normalized spacial score (nSPS) is 12.2. The van der Waals surface area contributed by atoms with Crippen LogP contribution < -0.4 is 10.5 Å². The minimum Gasteiger partial charge on any atom is -0.495 e. The van der Waals surface area contributed by atoms with Gasteiger partial charge in [0, 0.05) is 12.4 Å². The third kappa shape index (κ3) is 2.57. The van der Waals surface area contributed by atoms with E-state index < -0.39 is 0 Å². The Morgan fingerprint density at radius 2 is 1.88 bits per heavy atom. The van der Waals surface area contributed by atoms with Crippen molar-refractivity contribution in [2.45, 2.75) is 6.04 Å². The highest BCUT2D eigenvalue weighted by Gasteiger charge is 2.11. The molecule has 2 rings (SSSR count). The Labute approximate surface area is 105 Å². The number of methoxy groups -OCH3 is 1. The van der Waals surface area contributed by atoms with Gasteiger partial charge in [-0.05, 0) is 35.4 Å². The zero-order valence-corrected chi connectivity index (χ0v) is 10.2. The zero-order chi connectivity index (χ0) is 12.3. The first-order valence-corrected chi connectivity index (χ1v) is 5.59. The number of hydrogen-bond donors (Lipinski definition) is 1. The molecule has 2 aromatic rings. The highest BCUT2D eigenvalue weighted by atomic mass is 35.5. The van der Waals surface area contributed by atoms with Crippen LogP contribution in [0.4, 0.5) is 0 Å². The van der Waals surface area contributed by atoms with E-state index in [-0.39, 0.29) is 6.04 Å². The minimum atomic E-state index is -0.204. The number of aromatic nitrogens is 1. The molecule has 17 heavy (non-hydrogen) atoms. The van der Waals surface area contributed by atoms with Crippen molar-refractivity contribution in [1.82, 2.24) is 4.98 Å². The molecule has 88 valence electrons. The summed E-state index contributed by atoms with van der Waals surface area (Å²) in [5.41, 5.74) is 8.12. The molecule has 1 unspecified atom stereocenters. The second kappa shape index (κ2) is 5.17. The molecule has 0 amide bonds. The molecule has 0 spiro atoms. The molecule has 0 saturated carbocycles. The van der Waals surface area contributed by atoms with E-state index in [9.17, 15) is 0 Å². The fourth-order valence-corrected chi connectivity index (χ4v) is 1.83. The molecule has 0 bridgehead atoms. The van der Waals surface area contributed by atoms with Crippen LogP contribution in [-0.2, 0) is 0 Å². The highest BCUT2D eigenvalue weighted by molar-refractivity contribution is 6.32. The number of halogens is 1. The van der Waals surface area contributed by atoms with Crippen LogP contribution in [0.15, 0.2) is 42.7 Å². The predicted octanol–water partition coefficient (Wildman–Crippen LogP) is 2.79. The van der Waals surface area contributed by atoms with Crippen LogP contribution >= 0.6 is 11.6 Å². The molecule has 2 N–H and O–H groups in total. The van der Waals surface area contributed by atoms with Gasteiger partial charge in [-0.1, -0.05) is 17.7 Å². The van der Waals surface area contributed by atoms with Gasteiger partial charge >= 0.3 is 0 Å². The van der Waals surface area contributed by atoms with Gasteiger partial charge in [-0.3, -0.25) is 4.98 Å². The molecule has 1 aromatic heterocycles. The number of benzene rings is 1. The third-order valence-corrected chi connectivity index (χ3v) is 2.91. The van der Waals surface area contributed by atoms with Gasteiger partial charge in [-0.25, -0.2) is 0 Å². The SMILES string of the molecule is COc1cc(C(N)c2ccncc2)ccc1Cl. The van der Waals surface area contributed by atoms with Crippen molar-refractivity contribution < 1.29 is 4.74 Å². The van der Waals surface area contributed by atoms with Crippen molar-refractivity contribution in [3.05, 3.63) is 58.9 Å². The summed E-state index contributed by atoms with van der Waals surface area (Å²) in [4.78, 5) is 3.97. The van der Waals surface area contributed by atoms with E-state index >= 15 is 0 Å². The van der Waals surface area contributed by atoms with Crippen molar-refractivity contribution in [1.29, 1.82) is 0 Å². The lowest BCUT2D eigenvalue weighted by Gasteiger charge is -2.14. The Hall–Kier alpha value is -1.58. The minimum absolute atomic E-state index is 0.204. The summed E-state index contributed by atoms with van der Waals surface area (Å²) in [5.74, 6) is 0.633. The number of nitrogens with two attached hydrogens (primary N) is 1. The smallest absolute Gasteiger partial charge is 0.137 e.